The Balaban J connectivity index is 2.41. The molecule has 0 fully saturated rings. The molecule has 1 aromatic rings. The average molecular weight is 167 g/mol. The monoisotopic (exact) mass is 167 g/mol. The van der Waals surface area contributed by atoms with Crippen LogP contribution in [-0.2, 0) is 13.0 Å². The summed E-state index contributed by atoms with van der Waals surface area (Å²) < 4.78 is 0. The molecule has 0 aliphatic heterocycles. The van der Waals surface area contributed by atoms with Crippen molar-refractivity contribution in [2.75, 3.05) is 0 Å². The first-order valence-electron chi connectivity index (χ1n) is 4.45. The van der Waals surface area contributed by atoms with Crippen LogP contribution in [0.4, 0.5) is 0 Å². The summed E-state index contributed by atoms with van der Waals surface area (Å²) in [6.45, 7) is 4.95. The normalized spacial score (nSPS) is 11.0. The number of imidazole rings is 1. The SMILES string of the molecule is CC(C)CCc1cnc(CN)[nH]1. The van der Waals surface area contributed by atoms with Crippen molar-refractivity contribution in [3.63, 3.8) is 0 Å². The third-order valence-electron chi connectivity index (χ3n) is 1.87. The third-order valence-corrected chi connectivity index (χ3v) is 1.87. The molecule has 0 saturated carbocycles. The molecular formula is C9H17N3. The van der Waals surface area contributed by atoms with Gasteiger partial charge in [0.05, 0.1) is 6.54 Å². The molecule has 0 aliphatic rings. The van der Waals surface area contributed by atoms with E-state index >= 15 is 0 Å². The highest BCUT2D eigenvalue weighted by Gasteiger charge is 2.00. The van der Waals surface area contributed by atoms with Gasteiger partial charge in [-0.05, 0) is 18.8 Å². The predicted octanol–water partition coefficient (Wildman–Crippen LogP) is 1.46. The smallest absolute Gasteiger partial charge is 0.120 e. The molecule has 0 unspecified atom stereocenters. The van der Waals surface area contributed by atoms with Gasteiger partial charge >= 0.3 is 0 Å². The molecule has 0 aromatic carbocycles. The first-order chi connectivity index (χ1) is 5.72. The summed E-state index contributed by atoms with van der Waals surface area (Å²) in [7, 11) is 0. The zero-order chi connectivity index (χ0) is 8.97. The molecule has 1 heterocycles. The molecule has 1 rings (SSSR count). The van der Waals surface area contributed by atoms with Crippen molar-refractivity contribution in [1.82, 2.24) is 9.97 Å². The number of aryl methyl sites for hydroxylation is 1. The van der Waals surface area contributed by atoms with Crippen molar-refractivity contribution >= 4 is 0 Å². The number of hydrogen-bond donors (Lipinski definition) is 2. The highest BCUT2D eigenvalue weighted by Crippen LogP contribution is 2.06. The van der Waals surface area contributed by atoms with E-state index in [9.17, 15) is 0 Å². The molecule has 3 N–H and O–H groups in total. The predicted molar refractivity (Wildman–Crippen MR) is 49.6 cm³/mol. The first kappa shape index (κ1) is 9.26. The Morgan fingerprint density at radius 3 is 2.83 bits per heavy atom. The lowest BCUT2D eigenvalue weighted by Crippen LogP contribution is -1.98. The number of hydrogen-bond acceptors (Lipinski definition) is 2. The fourth-order valence-corrected chi connectivity index (χ4v) is 1.08. The maximum absolute atomic E-state index is 5.43. The van der Waals surface area contributed by atoms with Crippen molar-refractivity contribution in [2.24, 2.45) is 11.7 Å². The Morgan fingerprint density at radius 1 is 1.58 bits per heavy atom. The Kier molecular flexibility index (Phi) is 3.29. The number of aromatic nitrogens is 2. The van der Waals surface area contributed by atoms with Gasteiger partial charge in [0.1, 0.15) is 5.82 Å². The zero-order valence-electron chi connectivity index (χ0n) is 7.80. The van der Waals surface area contributed by atoms with Gasteiger partial charge in [-0.1, -0.05) is 13.8 Å². The number of aromatic amines is 1. The molecule has 0 aliphatic carbocycles. The van der Waals surface area contributed by atoms with E-state index < -0.39 is 0 Å². The summed E-state index contributed by atoms with van der Waals surface area (Å²) in [5.41, 5.74) is 6.62. The van der Waals surface area contributed by atoms with Crippen LogP contribution in [0.5, 0.6) is 0 Å². The van der Waals surface area contributed by atoms with Gasteiger partial charge in [0.2, 0.25) is 0 Å². The Labute approximate surface area is 73.4 Å². The van der Waals surface area contributed by atoms with Gasteiger partial charge < -0.3 is 10.7 Å². The molecular weight excluding hydrogens is 150 g/mol. The molecule has 0 saturated heterocycles. The molecule has 0 radical (unpaired) electrons. The van der Waals surface area contributed by atoms with E-state index in [0.29, 0.717) is 6.54 Å². The third kappa shape index (κ3) is 2.66. The largest absolute Gasteiger partial charge is 0.345 e. The van der Waals surface area contributed by atoms with Crippen LogP contribution in [0.25, 0.3) is 0 Å². The van der Waals surface area contributed by atoms with Crippen LogP contribution >= 0.6 is 0 Å². The zero-order valence-corrected chi connectivity index (χ0v) is 7.80. The molecule has 0 amide bonds. The maximum Gasteiger partial charge on any atom is 0.120 e. The molecule has 3 nitrogen and oxygen atoms in total. The van der Waals surface area contributed by atoms with Crippen LogP contribution < -0.4 is 5.73 Å². The van der Waals surface area contributed by atoms with Crippen LogP contribution in [-0.4, -0.2) is 9.97 Å². The Hall–Kier alpha value is -0.830. The lowest BCUT2D eigenvalue weighted by molar-refractivity contribution is 0.582. The number of nitrogens with two attached hydrogens (primary N) is 1. The molecule has 0 spiro atoms. The van der Waals surface area contributed by atoms with E-state index in [1.54, 1.807) is 0 Å². The highest BCUT2D eigenvalue weighted by molar-refractivity contribution is 5.00. The summed E-state index contributed by atoms with van der Waals surface area (Å²) in [6.07, 6.45) is 4.15. The summed E-state index contributed by atoms with van der Waals surface area (Å²) in [6, 6.07) is 0. The minimum Gasteiger partial charge on any atom is -0.345 e. The van der Waals surface area contributed by atoms with E-state index in [1.807, 2.05) is 6.20 Å². The summed E-state index contributed by atoms with van der Waals surface area (Å²) in [5.74, 6) is 1.63. The second-order valence-corrected chi connectivity index (χ2v) is 3.49. The number of H-pyrrole nitrogens is 1. The molecule has 3 heteroatoms. The van der Waals surface area contributed by atoms with E-state index in [0.717, 1.165) is 18.2 Å². The van der Waals surface area contributed by atoms with Crippen LogP contribution in [0.3, 0.4) is 0 Å². The van der Waals surface area contributed by atoms with Gasteiger partial charge in [-0.25, -0.2) is 4.98 Å². The molecule has 0 atom stereocenters. The minimum atomic E-state index is 0.502. The van der Waals surface area contributed by atoms with Crippen LogP contribution in [0, 0.1) is 5.92 Å². The van der Waals surface area contributed by atoms with Gasteiger partial charge in [-0.3, -0.25) is 0 Å². The van der Waals surface area contributed by atoms with Crippen molar-refractivity contribution < 1.29 is 0 Å². The number of nitrogens with zero attached hydrogens (tertiary/aromatic N) is 1. The highest BCUT2D eigenvalue weighted by atomic mass is 14.9. The van der Waals surface area contributed by atoms with E-state index in [2.05, 4.69) is 23.8 Å². The lowest BCUT2D eigenvalue weighted by Gasteiger charge is -2.00. The minimum absolute atomic E-state index is 0.502. The number of nitrogens with one attached hydrogen (secondary N) is 1. The Morgan fingerprint density at radius 2 is 2.33 bits per heavy atom. The molecule has 12 heavy (non-hydrogen) atoms. The summed E-state index contributed by atoms with van der Waals surface area (Å²) in [4.78, 5) is 7.31. The Bertz CT molecular complexity index is 227. The second-order valence-electron chi connectivity index (χ2n) is 3.49. The van der Waals surface area contributed by atoms with Crippen molar-refractivity contribution in [2.45, 2.75) is 33.2 Å². The van der Waals surface area contributed by atoms with Gasteiger partial charge in [-0.15, -0.1) is 0 Å². The first-order valence-corrected chi connectivity index (χ1v) is 4.45. The van der Waals surface area contributed by atoms with Crippen molar-refractivity contribution in [3.8, 4) is 0 Å². The van der Waals surface area contributed by atoms with Crippen LogP contribution in [0.1, 0.15) is 31.8 Å². The van der Waals surface area contributed by atoms with Gasteiger partial charge in [0.15, 0.2) is 0 Å². The van der Waals surface area contributed by atoms with Crippen LogP contribution in [0.2, 0.25) is 0 Å². The van der Waals surface area contributed by atoms with Crippen molar-refractivity contribution in [1.29, 1.82) is 0 Å². The van der Waals surface area contributed by atoms with E-state index in [4.69, 9.17) is 5.73 Å². The topological polar surface area (TPSA) is 54.7 Å². The quantitative estimate of drug-likeness (QED) is 0.713. The fraction of sp³-hybridized carbons (Fsp3) is 0.667. The molecule has 68 valence electrons. The maximum atomic E-state index is 5.43. The van der Waals surface area contributed by atoms with E-state index in [1.165, 1.54) is 12.1 Å². The summed E-state index contributed by atoms with van der Waals surface area (Å²) >= 11 is 0. The fourth-order valence-electron chi connectivity index (χ4n) is 1.08. The van der Waals surface area contributed by atoms with Gasteiger partial charge in [0, 0.05) is 11.9 Å². The van der Waals surface area contributed by atoms with Gasteiger partial charge in [0.25, 0.3) is 0 Å². The standard InChI is InChI=1S/C9H17N3/c1-7(2)3-4-8-6-11-9(5-10)12-8/h6-7H,3-5,10H2,1-2H3,(H,11,12). The van der Waals surface area contributed by atoms with Crippen molar-refractivity contribution in [3.05, 3.63) is 17.7 Å². The number of rotatable bonds is 4. The summed E-state index contributed by atoms with van der Waals surface area (Å²) in [5, 5.41) is 0. The average Bonchev–Trinajstić information content (AvgIpc) is 2.48. The van der Waals surface area contributed by atoms with Crippen LogP contribution in [0.15, 0.2) is 6.20 Å². The van der Waals surface area contributed by atoms with Gasteiger partial charge in [-0.2, -0.15) is 0 Å². The molecule has 1 aromatic heterocycles. The molecule has 0 bridgehead atoms. The second kappa shape index (κ2) is 4.26. The van der Waals surface area contributed by atoms with E-state index in [-0.39, 0.29) is 0 Å². The lowest BCUT2D eigenvalue weighted by atomic mass is 10.1.